The van der Waals surface area contributed by atoms with E-state index in [1.165, 1.54) is 5.57 Å². The van der Waals surface area contributed by atoms with Crippen molar-refractivity contribution in [3.8, 4) is 0 Å². The van der Waals surface area contributed by atoms with Crippen LogP contribution in [0.5, 0.6) is 0 Å². The lowest BCUT2D eigenvalue weighted by atomic mass is 10.0. The fourth-order valence-corrected chi connectivity index (χ4v) is 0.985. The van der Waals surface area contributed by atoms with Crippen molar-refractivity contribution in [2.45, 2.75) is 34.1 Å². The minimum absolute atomic E-state index is 0.0382. The van der Waals surface area contributed by atoms with Crippen LogP contribution >= 0.6 is 0 Å². The third kappa shape index (κ3) is 3.07. The maximum atomic E-state index is 10.8. The first-order valence-electron chi connectivity index (χ1n) is 4.60. The number of carbonyl (C=O) groups excluding carboxylic acids is 1. The molecule has 0 saturated heterocycles. The molecule has 1 aliphatic rings. The molecule has 0 aromatic heterocycles. The summed E-state index contributed by atoms with van der Waals surface area (Å²) in [5.41, 5.74) is 1.23. The van der Waals surface area contributed by atoms with Gasteiger partial charge in [-0.05, 0) is 18.9 Å². The summed E-state index contributed by atoms with van der Waals surface area (Å²) in [6, 6.07) is 0. The molecule has 12 heavy (non-hydrogen) atoms. The van der Waals surface area contributed by atoms with Gasteiger partial charge in [-0.2, -0.15) is 0 Å². The zero-order valence-corrected chi connectivity index (χ0v) is 8.39. The lowest BCUT2D eigenvalue weighted by Crippen LogP contribution is -2.20. The monoisotopic (exact) mass is 170 g/mol. The van der Waals surface area contributed by atoms with E-state index in [4.69, 9.17) is 4.74 Å². The maximum Gasteiger partial charge on any atom is 0.312 e. The zero-order valence-electron chi connectivity index (χ0n) is 8.39. The lowest BCUT2D eigenvalue weighted by molar-refractivity contribution is -0.146. The minimum atomic E-state index is -0.0998. The molecule has 0 N–H and O–H groups in total. The van der Waals surface area contributed by atoms with Gasteiger partial charge in [-0.25, -0.2) is 0 Å². The smallest absolute Gasteiger partial charge is 0.312 e. The van der Waals surface area contributed by atoms with E-state index in [1.807, 2.05) is 26.8 Å². The normalized spacial score (nSPS) is 21.8. The van der Waals surface area contributed by atoms with Crippen LogP contribution in [0.15, 0.2) is 11.6 Å². The Bertz CT molecular complexity index is 171. The highest BCUT2D eigenvalue weighted by atomic mass is 16.5. The van der Waals surface area contributed by atoms with Gasteiger partial charge in [0.25, 0.3) is 0 Å². The van der Waals surface area contributed by atoms with E-state index in [9.17, 15) is 4.79 Å². The van der Waals surface area contributed by atoms with Crippen LogP contribution in [0.1, 0.15) is 34.1 Å². The van der Waals surface area contributed by atoms with Crippen molar-refractivity contribution >= 4 is 5.97 Å². The Hall–Kier alpha value is -0.790. The van der Waals surface area contributed by atoms with Crippen molar-refractivity contribution in [1.82, 2.24) is 0 Å². The van der Waals surface area contributed by atoms with Gasteiger partial charge in [-0.15, -0.1) is 0 Å². The Kier molecular flexibility index (Phi) is 5.43. The summed E-state index contributed by atoms with van der Waals surface area (Å²) in [7, 11) is 0. The van der Waals surface area contributed by atoms with Gasteiger partial charge in [-0.1, -0.05) is 26.8 Å². The number of hydrogen-bond donors (Lipinski definition) is 0. The van der Waals surface area contributed by atoms with Gasteiger partial charge in [0.05, 0.1) is 5.92 Å². The highest BCUT2D eigenvalue weighted by Gasteiger charge is 2.17. The Morgan fingerprint density at radius 1 is 1.58 bits per heavy atom. The highest BCUT2D eigenvalue weighted by Crippen LogP contribution is 2.14. The topological polar surface area (TPSA) is 26.3 Å². The second kappa shape index (κ2) is 5.81. The minimum Gasteiger partial charge on any atom is -0.461 e. The Morgan fingerprint density at radius 2 is 2.17 bits per heavy atom. The molecule has 1 rings (SSSR count). The quantitative estimate of drug-likeness (QED) is 0.446. The Labute approximate surface area is 74.6 Å². The summed E-state index contributed by atoms with van der Waals surface area (Å²) >= 11 is 0. The van der Waals surface area contributed by atoms with Crippen LogP contribution < -0.4 is 0 Å². The molecule has 0 spiro atoms. The molecular formula is C10H18O2. The third-order valence-corrected chi connectivity index (χ3v) is 1.71. The Morgan fingerprint density at radius 3 is 2.58 bits per heavy atom. The summed E-state index contributed by atoms with van der Waals surface area (Å²) in [5, 5.41) is 0. The van der Waals surface area contributed by atoms with E-state index < -0.39 is 0 Å². The number of esters is 1. The third-order valence-electron chi connectivity index (χ3n) is 1.71. The second-order valence-corrected chi connectivity index (χ2v) is 2.57. The van der Waals surface area contributed by atoms with Gasteiger partial charge in [0.2, 0.25) is 0 Å². The fraction of sp³-hybridized carbons (Fsp3) is 0.700. The van der Waals surface area contributed by atoms with Crippen molar-refractivity contribution in [3.63, 3.8) is 0 Å². The number of ether oxygens (including phenoxy) is 1. The lowest BCUT2D eigenvalue weighted by Gasteiger charge is -2.16. The van der Waals surface area contributed by atoms with Crippen molar-refractivity contribution in [1.29, 1.82) is 0 Å². The number of hydrogen-bond acceptors (Lipinski definition) is 2. The number of cyclic esters (lactones) is 1. The molecule has 0 amide bonds. The van der Waals surface area contributed by atoms with Gasteiger partial charge in [0.1, 0.15) is 6.61 Å². The molecule has 2 nitrogen and oxygen atoms in total. The molecule has 1 heterocycles. The molecule has 1 aliphatic heterocycles. The van der Waals surface area contributed by atoms with Crippen molar-refractivity contribution in [2.75, 3.05) is 6.61 Å². The van der Waals surface area contributed by atoms with E-state index in [-0.39, 0.29) is 11.9 Å². The molecule has 70 valence electrons. The average Bonchev–Trinajstić information content (AvgIpc) is 2.13. The van der Waals surface area contributed by atoms with E-state index in [2.05, 4.69) is 6.92 Å². The molecule has 0 radical (unpaired) electrons. The molecular weight excluding hydrogens is 152 g/mol. The molecule has 0 aromatic carbocycles. The van der Waals surface area contributed by atoms with Gasteiger partial charge >= 0.3 is 5.97 Å². The van der Waals surface area contributed by atoms with Gasteiger partial charge in [0.15, 0.2) is 0 Å². The first-order chi connectivity index (χ1) is 5.74. The summed E-state index contributed by atoms with van der Waals surface area (Å²) < 4.78 is 4.89. The molecule has 1 atom stereocenters. The van der Waals surface area contributed by atoms with E-state index >= 15 is 0 Å². The average molecular weight is 170 g/mol. The summed E-state index contributed by atoms with van der Waals surface area (Å²) in [6.07, 6.45) is 2.98. The van der Waals surface area contributed by atoms with Crippen molar-refractivity contribution < 1.29 is 9.53 Å². The standard InChI is InChI=1S/C8H12O2.C2H6/c1-3-7-4-6(2)8(9)10-5-7;1-2/h4,6H,3,5H2,1-2H3;1-2H3/t6-;/m0./s1. The van der Waals surface area contributed by atoms with Gasteiger partial charge in [-0.3, -0.25) is 4.79 Å². The van der Waals surface area contributed by atoms with Gasteiger partial charge in [0, 0.05) is 0 Å². The van der Waals surface area contributed by atoms with Crippen LogP contribution in [-0.2, 0) is 9.53 Å². The van der Waals surface area contributed by atoms with Crippen molar-refractivity contribution in [2.24, 2.45) is 5.92 Å². The second-order valence-electron chi connectivity index (χ2n) is 2.57. The van der Waals surface area contributed by atoms with Crippen molar-refractivity contribution in [3.05, 3.63) is 11.6 Å². The Balaban J connectivity index is 0.000000561. The van der Waals surface area contributed by atoms with E-state index in [0.29, 0.717) is 6.61 Å². The summed E-state index contributed by atoms with van der Waals surface area (Å²) in [4.78, 5) is 10.8. The zero-order chi connectivity index (χ0) is 9.56. The van der Waals surface area contributed by atoms with Crippen LogP contribution in [0.3, 0.4) is 0 Å². The predicted octanol–water partition coefficient (Wildman–Crippen LogP) is 2.54. The predicted molar refractivity (Wildman–Crippen MR) is 49.8 cm³/mol. The van der Waals surface area contributed by atoms with Crippen LogP contribution in [0.25, 0.3) is 0 Å². The van der Waals surface area contributed by atoms with Crippen LogP contribution in [0, 0.1) is 5.92 Å². The number of rotatable bonds is 1. The SMILES string of the molecule is CC.CCC1=C[C@H](C)C(=O)OC1. The van der Waals surface area contributed by atoms with E-state index in [0.717, 1.165) is 6.42 Å². The largest absolute Gasteiger partial charge is 0.461 e. The molecule has 0 fully saturated rings. The molecule has 0 aliphatic carbocycles. The van der Waals surface area contributed by atoms with Crippen LogP contribution in [-0.4, -0.2) is 12.6 Å². The molecule has 2 heteroatoms. The van der Waals surface area contributed by atoms with Crippen LogP contribution in [0.2, 0.25) is 0 Å². The maximum absolute atomic E-state index is 10.8. The van der Waals surface area contributed by atoms with Gasteiger partial charge < -0.3 is 4.74 Å². The summed E-state index contributed by atoms with van der Waals surface area (Å²) in [5.74, 6) is -0.138. The molecule has 0 unspecified atom stereocenters. The highest BCUT2D eigenvalue weighted by molar-refractivity contribution is 5.75. The van der Waals surface area contributed by atoms with E-state index in [1.54, 1.807) is 0 Å². The first kappa shape index (κ1) is 11.2. The summed E-state index contributed by atoms with van der Waals surface area (Å²) in [6.45, 7) is 8.43. The first-order valence-corrected chi connectivity index (χ1v) is 4.60. The molecule has 0 bridgehead atoms. The van der Waals surface area contributed by atoms with Crippen LogP contribution in [0.4, 0.5) is 0 Å². The molecule has 0 aromatic rings. The number of carbonyl (C=O) groups is 1. The molecule has 0 saturated carbocycles. The fourth-order valence-electron chi connectivity index (χ4n) is 0.985.